The van der Waals surface area contributed by atoms with E-state index in [0.29, 0.717) is 24.0 Å². The first-order chi connectivity index (χ1) is 17.9. The van der Waals surface area contributed by atoms with Gasteiger partial charge in [-0.3, -0.25) is 14.4 Å². The van der Waals surface area contributed by atoms with Crippen molar-refractivity contribution in [3.8, 4) is 16.9 Å². The molecule has 2 aromatic rings. The van der Waals surface area contributed by atoms with Crippen molar-refractivity contribution in [2.45, 2.75) is 32.7 Å². The molecular weight excluding hydrogens is 486 g/mol. The summed E-state index contributed by atoms with van der Waals surface area (Å²) in [6.45, 7) is 1.75. The Labute approximate surface area is 220 Å². The van der Waals surface area contributed by atoms with Crippen LogP contribution in [0.25, 0.3) is 16.9 Å². The molecular formula is C29H31N3O6. The van der Waals surface area contributed by atoms with E-state index in [4.69, 9.17) is 11.5 Å². The highest BCUT2D eigenvalue weighted by Gasteiger charge is 2.56. The number of phenols is 1. The van der Waals surface area contributed by atoms with Gasteiger partial charge < -0.3 is 31.7 Å². The van der Waals surface area contributed by atoms with Crippen LogP contribution in [0.5, 0.6) is 5.75 Å². The Balaban J connectivity index is 1.71. The minimum absolute atomic E-state index is 0.0101. The van der Waals surface area contributed by atoms with Crippen molar-refractivity contribution in [3.05, 3.63) is 63.9 Å². The smallest absolute Gasteiger partial charge is 0.255 e. The Hall–Kier alpha value is -4.11. The van der Waals surface area contributed by atoms with Gasteiger partial charge >= 0.3 is 0 Å². The van der Waals surface area contributed by atoms with Crippen molar-refractivity contribution >= 4 is 28.9 Å². The molecule has 1 saturated carbocycles. The second-order valence-electron chi connectivity index (χ2n) is 11.0. The molecule has 38 heavy (non-hydrogen) atoms. The predicted octanol–water partition coefficient (Wildman–Crippen LogP) is 2.89. The fraction of sp³-hybridized carbons (Fsp3) is 0.345. The summed E-state index contributed by atoms with van der Waals surface area (Å²) in [5, 5.41) is 33.5. The van der Waals surface area contributed by atoms with Crippen molar-refractivity contribution in [2.75, 3.05) is 19.0 Å². The average Bonchev–Trinajstić information content (AvgIpc) is 2.83. The highest BCUT2D eigenvalue weighted by atomic mass is 16.3. The minimum Gasteiger partial charge on any atom is -0.511 e. The van der Waals surface area contributed by atoms with Crippen molar-refractivity contribution in [1.82, 2.24) is 0 Å². The molecule has 3 atom stereocenters. The van der Waals surface area contributed by atoms with Crippen molar-refractivity contribution < 1.29 is 29.7 Å². The molecule has 198 valence electrons. The number of carbonyl (C=O) groups excluding carboxylic acids is 3. The van der Waals surface area contributed by atoms with Crippen LogP contribution in [0.1, 0.15) is 36.5 Å². The monoisotopic (exact) mass is 517 g/mol. The number of benzene rings is 2. The molecule has 0 aliphatic heterocycles. The lowest BCUT2D eigenvalue weighted by Crippen LogP contribution is -2.50. The number of aromatic hydroxyl groups is 1. The molecule has 2 aromatic carbocycles. The number of primary amides is 1. The van der Waals surface area contributed by atoms with Crippen LogP contribution in [-0.4, -0.2) is 46.9 Å². The van der Waals surface area contributed by atoms with Gasteiger partial charge in [-0.1, -0.05) is 19.1 Å². The van der Waals surface area contributed by atoms with E-state index < -0.39 is 46.1 Å². The van der Waals surface area contributed by atoms with Crippen LogP contribution in [0.2, 0.25) is 0 Å². The molecule has 0 radical (unpaired) electrons. The summed E-state index contributed by atoms with van der Waals surface area (Å²) in [5.74, 6) is -5.14. The van der Waals surface area contributed by atoms with Gasteiger partial charge in [-0.05, 0) is 59.1 Å². The van der Waals surface area contributed by atoms with E-state index in [1.54, 1.807) is 6.92 Å². The summed E-state index contributed by atoms with van der Waals surface area (Å²) in [6.07, 6.45) is 0.509. The van der Waals surface area contributed by atoms with Crippen LogP contribution >= 0.6 is 0 Å². The molecule has 3 unspecified atom stereocenters. The van der Waals surface area contributed by atoms with Gasteiger partial charge in [-0.25, -0.2) is 0 Å². The van der Waals surface area contributed by atoms with Gasteiger partial charge in [0.15, 0.2) is 11.6 Å². The van der Waals surface area contributed by atoms with Gasteiger partial charge in [-0.15, -0.1) is 0 Å². The second-order valence-corrected chi connectivity index (χ2v) is 11.0. The first kappa shape index (κ1) is 25.5. The number of allylic oxidation sites excluding steroid dienone is 2. The number of amides is 1. The van der Waals surface area contributed by atoms with Gasteiger partial charge in [-0.2, -0.15) is 0 Å². The first-order valence-electron chi connectivity index (χ1n) is 12.5. The number of nitrogens with zero attached hydrogens (tertiary/aromatic N) is 1. The summed E-state index contributed by atoms with van der Waals surface area (Å²) in [5.41, 5.74) is 13.7. The molecule has 1 fully saturated rings. The third-order valence-corrected chi connectivity index (χ3v) is 8.31. The molecule has 7 N–H and O–H groups in total. The SMILES string of the molecule is CN(C)c1ccc(-c2cc(CN)c(O)c3c2CC2CC4(C)CC(=O)C(C(N)=O)=C(O)C4C(=O)C2=C3O)cc1. The highest BCUT2D eigenvalue weighted by Crippen LogP contribution is 2.57. The standard InChI is InChI=1S/C29H31N3O6/c1-29-10-14-8-18-17(13-4-6-16(7-5-13)32(2)3)9-15(12-30)24(34)21(18)25(35)20(14)26(36)23(29)27(37)22(28(31)38)19(33)11-29/h4-7,9,14,23,34-35,37H,8,10-12,30H2,1-3H3,(H2,31,38). The Morgan fingerprint density at radius 1 is 1.13 bits per heavy atom. The van der Waals surface area contributed by atoms with E-state index in [-0.39, 0.29) is 35.6 Å². The van der Waals surface area contributed by atoms with E-state index in [2.05, 4.69) is 0 Å². The van der Waals surface area contributed by atoms with E-state index in [9.17, 15) is 29.7 Å². The lowest BCUT2D eigenvalue weighted by atomic mass is 9.54. The summed E-state index contributed by atoms with van der Waals surface area (Å²) in [6, 6.07) is 9.65. The Bertz CT molecular complexity index is 1470. The van der Waals surface area contributed by atoms with Crippen molar-refractivity contribution in [3.63, 3.8) is 0 Å². The number of nitrogens with two attached hydrogens (primary N) is 2. The molecule has 0 saturated heterocycles. The summed E-state index contributed by atoms with van der Waals surface area (Å²) >= 11 is 0. The molecule has 9 nitrogen and oxygen atoms in total. The zero-order valence-corrected chi connectivity index (χ0v) is 21.5. The highest BCUT2D eigenvalue weighted by molar-refractivity contribution is 6.21. The van der Waals surface area contributed by atoms with Crippen LogP contribution in [0.15, 0.2) is 47.2 Å². The maximum Gasteiger partial charge on any atom is 0.255 e. The number of ketones is 2. The van der Waals surface area contributed by atoms with E-state index in [0.717, 1.165) is 16.8 Å². The Morgan fingerprint density at radius 3 is 2.37 bits per heavy atom. The molecule has 0 spiro atoms. The van der Waals surface area contributed by atoms with E-state index in [1.165, 1.54) is 0 Å². The second kappa shape index (κ2) is 8.73. The van der Waals surface area contributed by atoms with Gasteiger partial charge in [0.1, 0.15) is 22.8 Å². The number of aliphatic hydroxyl groups excluding tert-OH is 2. The van der Waals surface area contributed by atoms with Crippen LogP contribution in [0.3, 0.4) is 0 Å². The Morgan fingerprint density at radius 2 is 1.79 bits per heavy atom. The number of phenolic OH excluding ortho intramolecular Hbond substituents is 1. The van der Waals surface area contributed by atoms with Crippen molar-refractivity contribution in [2.24, 2.45) is 28.7 Å². The topological polar surface area (TPSA) is 167 Å². The summed E-state index contributed by atoms with van der Waals surface area (Å²) < 4.78 is 0. The number of carbonyl (C=O) groups is 3. The van der Waals surface area contributed by atoms with Gasteiger partial charge in [0.2, 0.25) is 0 Å². The fourth-order valence-electron chi connectivity index (χ4n) is 6.54. The summed E-state index contributed by atoms with van der Waals surface area (Å²) in [7, 11) is 3.88. The summed E-state index contributed by atoms with van der Waals surface area (Å²) in [4.78, 5) is 40.4. The number of hydrogen-bond acceptors (Lipinski definition) is 8. The molecule has 1 amide bonds. The largest absolute Gasteiger partial charge is 0.511 e. The van der Waals surface area contributed by atoms with E-state index >= 15 is 0 Å². The number of aliphatic hydroxyl groups is 2. The first-order valence-corrected chi connectivity index (χ1v) is 12.5. The van der Waals surface area contributed by atoms with Gasteiger partial charge in [0.25, 0.3) is 5.91 Å². The van der Waals surface area contributed by atoms with Crippen LogP contribution in [0.4, 0.5) is 5.69 Å². The number of hydrogen-bond donors (Lipinski definition) is 5. The Kier molecular flexibility index (Phi) is 5.87. The quantitative estimate of drug-likeness (QED) is 0.386. The number of anilines is 1. The molecule has 3 aliphatic carbocycles. The van der Waals surface area contributed by atoms with Gasteiger partial charge in [0, 0.05) is 43.9 Å². The van der Waals surface area contributed by atoms with E-state index in [1.807, 2.05) is 49.3 Å². The fourth-order valence-corrected chi connectivity index (χ4v) is 6.54. The van der Waals surface area contributed by atoms with Crippen LogP contribution in [-0.2, 0) is 27.3 Å². The number of fused-ring (bicyclic) bond motifs is 3. The molecule has 5 rings (SSSR count). The third-order valence-electron chi connectivity index (χ3n) is 8.31. The zero-order valence-electron chi connectivity index (χ0n) is 21.5. The molecule has 0 bridgehead atoms. The van der Waals surface area contributed by atoms with Crippen molar-refractivity contribution in [1.29, 1.82) is 0 Å². The zero-order chi connectivity index (χ0) is 27.7. The number of Topliss-reactive ketones (excluding diaryl/α,β-unsaturated/α-hetero) is 2. The average molecular weight is 518 g/mol. The predicted molar refractivity (Wildman–Crippen MR) is 142 cm³/mol. The minimum atomic E-state index is -1.20. The lowest BCUT2D eigenvalue weighted by molar-refractivity contribution is -0.132. The third kappa shape index (κ3) is 3.60. The maximum atomic E-state index is 13.8. The lowest BCUT2D eigenvalue weighted by Gasteiger charge is -2.48. The normalized spacial score (nSPS) is 24.6. The molecule has 0 heterocycles. The molecule has 3 aliphatic rings. The molecule has 0 aromatic heterocycles. The van der Waals surface area contributed by atoms with Crippen LogP contribution in [0, 0.1) is 17.3 Å². The maximum absolute atomic E-state index is 13.8. The number of rotatable bonds is 4. The van der Waals surface area contributed by atoms with Gasteiger partial charge in [0.05, 0.1) is 11.5 Å². The molecule has 9 heteroatoms. The van der Waals surface area contributed by atoms with Crippen LogP contribution < -0.4 is 16.4 Å².